The molecule has 1 saturated carbocycles. The highest BCUT2D eigenvalue weighted by Gasteiger charge is 2.33. The summed E-state index contributed by atoms with van der Waals surface area (Å²) in [5.41, 5.74) is 1.00. The van der Waals surface area contributed by atoms with Crippen molar-refractivity contribution >= 4 is 34.1 Å². The van der Waals surface area contributed by atoms with Gasteiger partial charge < -0.3 is 9.72 Å². The zero-order valence-electron chi connectivity index (χ0n) is 13.2. The third kappa shape index (κ3) is 3.35. The number of hydrogen-bond acceptors (Lipinski definition) is 4. The van der Waals surface area contributed by atoms with Crippen LogP contribution in [0.4, 0.5) is 0 Å². The first-order chi connectivity index (χ1) is 11.5. The average Bonchev–Trinajstić information content (AvgIpc) is 3.31. The molecular weight excluding hydrogens is 328 g/mol. The van der Waals surface area contributed by atoms with Gasteiger partial charge in [0, 0.05) is 27.7 Å². The molecule has 1 fully saturated rings. The summed E-state index contributed by atoms with van der Waals surface area (Å²) in [5, 5.41) is 10.5. The monoisotopic (exact) mass is 344 g/mol. The fourth-order valence-electron chi connectivity index (χ4n) is 2.59. The van der Waals surface area contributed by atoms with Crippen LogP contribution in [-0.2, 0) is 9.53 Å². The van der Waals surface area contributed by atoms with Crippen molar-refractivity contribution in [2.24, 2.45) is 11.8 Å². The van der Waals surface area contributed by atoms with Crippen LogP contribution in [0.1, 0.15) is 30.1 Å². The van der Waals surface area contributed by atoms with Gasteiger partial charge in [0.15, 0.2) is 17.5 Å². The number of carbonyl (C=O) groups is 2. The molecule has 1 N–H and O–H groups in total. The summed E-state index contributed by atoms with van der Waals surface area (Å²) in [6.45, 7) is 2.10. The van der Waals surface area contributed by atoms with Crippen LogP contribution in [0.3, 0.4) is 0 Å². The quantitative estimate of drug-likeness (QED) is 0.615. The van der Waals surface area contributed by atoms with Crippen molar-refractivity contribution in [1.29, 1.82) is 5.26 Å². The van der Waals surface area contributed by atoms with E-state index < -0.39 is 23.6 Å². The molecule has 0 bridgehead atoms. The Bertz CT molecular complexity index is 832. The van der Waals surface area contributed by atoms with Gasteiger partial charge in [-0.25, -0.2) is 0 Å². The first kappa shape index (κ1) is 16.7. The normalized spacial score (nSPS) is 16.5. The summed E-state index contributed by atoms with van der Waals surface area (Å²) in [4.78, 5) is 28.1. The smallest absolute Gasteiger partial charge is 0.189 e. The van der Waals surface area contributed by atoms with Crippen LogP contribution in [0, 0.1) is 23.2 Å². The molecule has 0 amide bonds. The SMILES string of the molecule is C[C@@H](OCC1CC1)C(=O)[C@H](C#N)C(=O)c1c[nH]c2cc(Cl)ccc12. The highest BCUT2D eigenvalue weighted by molar-refractivity contribution is 6.31. The first-order valence-corrected chi connectivity index (χ1v) is 8.25. The second-order valence-corrected chi connectivity index (χ2v) is 6.58. The maximum absolute atomic E-state index is 12.7. The number of Topliss-reactive ketones (excluding diaryl/α,β-unsaturated/α-hetero) is 2. The zero-order valence-corrected chi connectivity index (χ0v) is 14.0. The lowest BCUT2D eigenvalue weighted by atomic mass is 9.92. The molecule has 1 aromatic heterocycles. The summed E-state index contributed by atoms with van der Waals surface area (Å²) < 4.78 is 5.50. The van der Waals surface area contributed by atoms with Gasteiger partial charge in [-0.2, -0.15) is 5.26 Å². The summed E-state index contributed by atoms with van der Waals surface area (Å²) in [6, 6.07) is 6.89. The Labute approximate surface area is 144 Å². The minimum Gasteiger partial charge on any atom is -0.370 e. The van der Waals surface area contributed by atoms with Crippen molar-refractivity contribution in [1.82, 2.24) is 4.98 Å². The number of aromatic amines is 1. The van der Waals surface area contributed by atoms with E-state index in [0.29, 0.717) is 34.0 Å². The molecular formula is C18H17ClN2O3. The molecule has 1 heterocycles. The van der Waals surface area contributed by atoms with Gasteiger partial charge in [0.25, 0.3) is 0 Å². The van der Waals surface area contributed by atoms with Crippen molar-refractivity contribution in [2.45, 2.75) is 25.9 Å². The molecule has 24 heavy (non-hydrogen) atoms. The van der Waals surface area contributed by atoms with Crippen molar-refractivity contribution < 1.29 is 14.3 Å². The van der Waals surface area contributed by atoms with E-state index in [-0.39, 0.29) is 0 Å². The van der Waals surface area contributed by atoms with Crippen LogP contribution in [0.15, 0.2) is 24.4 Å². The number of H-pyrrole nitrogens is 1. The molecule has 1 aliphatic carbocycles. The van der Waals surface area contributed by atoms with Crippen LogP contribution < -0.4 is 0 Å². The van der Waals surface area contributed by atoms with E-state index >= 15 is 0 Å². The number of nitriles is 1. The Kier molecular flexibility index (Phi) is 4.70. The molecule has 124 valence electrons. The lowest BCUT2D eigenvalue weighted by Crippen LogP contribution is -2.33. The van der Waals surface area contributed by atoms with Crippen LogP contribution in [-0.4, -0.2) is 29.3 Å². The topological polar surface area (TPSA) is 82.9 Å². The van der Waals surface area contributed by atoms with Gasteiger partial charge in [0.2, 0.25) is 0 Å². The molecule has 0 unspecified atom stereocenters. The Morgan fingerprint density at radius 3 is 2.88 bits per heavy atom. The fourth-order valence-corrected chi connectivity index (χ4v) is 2.76. The van der Waals surface area contributed by atoms with Crippen molar-refractivity contribution in [3.05, 3.63) is 35.0 Å². The number of benzene rings is 1. The molecule has 1 aromatic carbocycles. The molecule has 1 aliphatic rings. The van der Waals surface area contributed by atoms with E-state index in [4.69, 9.17) is 16.3 Å². The number of halogens is 1. The molecule has 2 aromatic rings. The molecule has 0 aliphatic heterocycles. The highest BCUT2D eigenvalue weighted by Crippen LogP contribution is 2.29. The van der Waals surface area contributed by atoms with Crippen LogP contribution in [0.2, 0.25) is 5.02 Å². The minimum absolute atomic E-state index is 0.316. The molecule has 0 radical (unpaired) electrons. The molecule has 0 saturated heterocycles. The average molecular weight is 345 g/mol. The third-order valence-corrected chi connectivity index (χ3v) is 4.50. The van der Waals surface area contributed by atoms with Gasteiger partial charge in [-0.15, -0.1) is 0 Å². The second-order valence-electron chi connectivity index (χ2n) is 6.14. The van der Waals surface area contributed by atoms with E-state index in [1.807, 2.05) is 6.07 Å². The Morgan fingerprint density at radius 2 is 2.21 bits per heavy atom. The number of hydrogen-bond donors (Lipinski definition) is 1. The summed E-state index contributed by atoms with van der Waals surface area (Å²) in [5.74, 6) is -1.87. The number of nitrogens with zero attached hydrogens (tertiary/aromatic N) is 1. The highest BCUT2D eigenvalue weighted by atomic mass is 35.5. The van der Waals surface area contributed by atoms with Gasteiger partial charge in [-0.1, -0.05) is 17.7 Å². The van der Waals surface area contributed by atoms with Crippen LogP contribution >= 0.6 is 11.6 Å². The lowest BCUT2D eigenvalue weighted by Gasteiger charge is -2.14. The predicted octanol–water partition coefficient (Wildman–Crippen LogP) is 3.53. The number of carbonyl (C=O) groups excluding carboxylic acids is 2. The molecule has 3 rings (SSSR count). The number of ketones is 2. The molecule has 0 spiro atoms. The van der Waals surface area contributed by atoms with Gasteiger partial charge in [0.1, 0.15) is 6.10 Å². The van der Waals surface area contributed by atoms with E-state index in [9.17, 15) is 14.9 Å². The summed E-state index contributed by atoms with van der Waals surface area (Å²) >= 11 is 5.93. The van der Waals surface area contributed by atoms with Crippen LogP contribution in [0.25, 0.3) is 10.9 Å². The Morgan fingerprint density at radius 1 is 1.46 bits per heavy atom. The van der Waals surface area contributed by atoms with E-state index in [1.54, 1.807) is 25.1 Å². The number of nitrogens with one attached hydrogen (secondary N) is 1. The number of ether oxygens (including phenoxy) is 1. The third-order valence-electron chi connectivity index (χ3n) is 4.26. The van der Waals surface area contributed by atoms with E-state index in [0.717, 1.165) is 12.8 Å². The van der Waals surface area contributed by atoms with Crippen molar-refractivity contribution in [3.63, 3.8) is 0 Å². The first-order valence-electron chi connectivity index (χ1n) is 7.87. The largest absolute Gasteiger partial charge is 0.370 e. The second kappa shape index (κ2) is 6.76. The fraction of sp³-hybridized carbons (Fsp3) is 0.389. The minimum atomic E-state index is -1.37. The summed E-state index contributed by atoms with van der Waals surface area (Å²) in [7, 11) is 0. The van der Waals surface area contributed by atoms with Gasteiger partial charge in [0.05, 0.1) is 12.7 Å². The standard InChI is InChI=1S/C18H17ClN2O3/c1-10(24-9-11-2-3-11)17(22)14(7-20)18(23)15-8-21-16-6-12(19)4-5-13(15)16/h4-6,8,10-11,14,21H,2-3,9H2,1H3/t10-,14+/m1/s1. The molecule has 5 nitrogen and oxygen atoms in total. The number of aromatic nitrogens is 1. The summed E-state index contributed by atoms with van der Waals surface area (Å²) in [6.07, 6.45) is 2.97. The predicted molar refractivity (Wildman–Crippen MR) is 89.9 cm³/mol. The maximum Gasteiger partial charge on any atom is 0.189 e. The van der Waals surface area contributed by atoms with Crippen LogP contribution in [0.5, 0.6) is 0 Å². The van der Waals surface area contributed by atoms with Crippen molar-refractivity contribution in [2.75, 3.05) is 6.61 Å². The van der Waals surface area contributed by atoms with E-state index in [2.05, 4.69) is 4.98 Å². The van der Waals surface area contributed by atoms with Gasteiger partial charge >= 0.3 is 0 Å². The van der Waals surface area contributed by atoms with Gasteiger partial charge in [-0.05, 0) is 37.8 Å². The number of fused-ring (bicyclic) bond motifs is 1. The van der Waals surface area contributed by atoms with E-state index in [1.165, 1.54) is 6.20 Å². The molecule has 6 heteroatoms. The van der Waals surface area contributed by atoms with Gasteiger partial charge in [-0.3, -0.25) is 9.59 Å². The zero-order chi connectivity index (χ0) is 17.3. The van der Waals surface area contributed by atoms with Crippen molar-refractivity contribution in [3.8, 4) is 6.07 Å². The Balaban J connectivity index is 1.79. The molecule has 2 atom stereocenters. The number of rotatable bonds is 7. The lowest BCUT2D eigenvalue weighted by molar-refractivity contribution is -0.130. The Hall–Kier alpha value is -2.16. The maximum atomic E-state index is 12.7.